The number of benzene rings is 3. The number of fused-ring (bicyclic) bond motifs is 5. The Bertz CT molecular complexity index is 3960. The number of hydrogen-bond donors (Lipinski definition) is 7. The Morgan fingerprint density at radius 3 is 2.38 bits per heavy atom. The van der Waals surface area contributed by atoms with Gasteiger partial charge in [0.15, 0.2) is 0 Å². The summed E-state index contributed by atoms with van der Waals surface area (Å²) >= 11 is 0. The Hall–Kier alpha value is -4.46. The Labute approximate surface area is 523 Å². The molecule has 88 heavy (non-hydrogen) atoms. The average molecular weight is 1350 g/mol. The van der Waals surface area contributed by atoms with Crippen LogP contribution in [0.3, 0.4) is 0 Å². The Kier molecular flexibility index (Phi) is 19.4. The lowest BCUT2D eigenvalue weighted by atomic mass is 9.81. The first-order valence-corrected chi connectivity index (χ1v) is 37.8. The van der Waals surface area contributed by atoms with Crippen molar-refractivity contribution in [1.82, 2.24) is 24.4 Å². The highest BCUT2D eigenvalue weighted by molar-refractivity contribution is 8.77. The first kappa shape index (κ1) is 65.0. The van der Waals surface area contributed by atoms with Crippen LogP contribution in [-0.2, 0) is 66.7 Å². The van der Waals surface area contributed by atoms with Crippen LogP contribution in [0.25, 0.3) is 16.6 Å². The molecule has 8 N–H and O–H groups in total. The number of nitrogens with one attached hydrogen (secondary N) is 1. The molecule has 0 aliphatic carbocycles. The van der Waals surface area contributed by atoms with Gasteiger partial charge in [-0.1, -0.05) is 81.9 Å². The number of nitrogens with two attached hydrogens (primary N) is 1. The standard InChI is InChI=1S/C57H68N7O17P3S4/c1-56(2,3)87-86-32-76-43-26-45(78-44(43)28-77-83(71,72)81-84(73,74)80-82(68,69)70)64-27-36(46-52(58)60-30-61-53(46)64)13-10-22-75-31-85-88-57(4,5)29-59-54(65)35-16-17-37(40(25-35)55(66)67)47-41-23-33-11-6-18-62-20-8-14-38(48(33)62)50(41)79-51-39-15-9-21-63-19-7-12-34(49(39)63)24-42(47)51/h16-17,23-25,27,30,43-45H,6-9,11-12,14-15,18-22,26,28-29,31-32H2,1-5H3,(H7-,58,59,60,61,65,66,67,68,69,70,71,72,73,74)/p+1/t43-,44-,45-/m1/s1. The van der Waals surface area contributed by atoms with Crippen molar-refractivity contribution in [3.8, 4) is 23.3 Å². The number of carbonyl (C=O) groups is 2. The summed E-state index contributed by atoms with van der Waals surface area (Å²) in [4.78, 5) is 76.3. The van der Waals surface area contributed by atoms with Gasteiger partial charge in [-0.25, -0.2) is 33.0 Å². The van der Waals surface area contributed by atoms with Gasteiger partial charge in [-0.3, -0.25) is 9.32 Å². The highest BCUT2D eigenvalue weighted by Gasteiger charge is 2.45. The van der Waals surface area contributed by atoms with Gasteiger partial charge in [-0.15, -0.1) is 0 Å². The fraction of sp³-hybridized carbons (Fsp3) is 0.491. The van der Waals surface area contributed by atoms with Crippen molar-refractivity contribution in [2.45, 2.75) is 120 Å². The van der Waals surface area contributed by atoms with Crippen molar-refractivity contribution in [1.29, 1.82) is 0 Å². The van der Waals surface area contributed by atoms with Crippen LogP contribution in [-0.4, -0.2) is 131 Å². The number of amides is 1. The van der Waals surface area contributed by atoms with Gasteiger partial charge in [0.1, 0.15) is 73.2 Å². The molecule has 31 heteroatoms. The van der Waals surface area contributed by atoms with Crippen LogP contribution < -0.4 is 35.8 Å². The van der Waals surface area contributed by atoms with Gasteiger partial charge in [-0.05, 0) is 87.8 Å². The molecule has 472 valence electrons. The first-order chi connectivity index (χ1) is 41.7. The molecule has 3 aromatic carbocycles. The van der Waals surface area contributed by atoms with Gasteiger partial charge in [0, 0.05) is 93.3 Å². The predicted octanol–water partition coefficient (Wildman–Crippen LogP) is 8.22. The van der Waals surface area contributed by atoms with Crippen molar-refractivity contribution in [2.24, 2.45) is 0 Å². The molecule has 0 bridgehead atoms. The van der Waals surface area contributed by atoms with Gasteiger partial charge >= 0.3 is 29.4 Å². The van der Waals surface area contributed by atoms with Crippen LogP contribution in [0, 0.1) is 11.8 Å². The third-order valence-corrected chi connectivity index (χ3v) is 25.3. The van der Waals surface area contributed by atoms with Gasteiger partial charge < -0.3 is 64.1 Å². The number of ether oxygens (including phenoxy) is 4. The van der Waals surface area contributed by atoms with Crippen LogP contribution in [0.2, 0.25) is 0 Å². The van der Waals surface area contributed by atoms with Crippen LogP contribution in [0.4, 0.5) is 11.5 Å². The van der Waals surface area contributed by atoms with E-state index in [1.165, 1.54) is 78.1 Å². The number of carboxylic acids is 1. The molecule has 1 fully saturated rings. The fourth-order valence-corrected chi connectivity index (χ4v) is 19.3. The molecule has 24 nitrogen and oxygen atoms in total. The third-order valence-electron chi connectivity index (χ3n) is 15.5. The van der Waals surface area contributed by atoms with Crippen molar-refractivity contribution in [2.75, 3.05) is 68.4 Å². The van der Waals surface area contributed by atoms with Gasteiger partial charge in [0.2, 0.25) is 5.36 Å². The monoisotopic (exact) mass is 1340 g/mol. The minimum absolute atomic E-state index is 0.0168. The van der Waals surface area contributed by atoms with Gasteiger partial charge in [-0.2, -0.15) is 8.62 Å². The topological polar surface area (TPSA) is 326 Å². The maximum absolute atomic E-state index is 14.0. The van der Waals surface area contributed by atoms with E-state index in [4.69, 9.17) is 39.0 Å². The molecule has 1 amide bonds. The molecule has 5 atom stereocenters. The van der Waals surface area contributed by atoms with E-state index in [1.807, 2.05) is 34.6 Å². The number of nitrogen functional groups attached to an aromatic ring is 1. The smallest absolute Gasteiger partial charge is 0.478 e. The van der Waals surface area contributed by atoms with E-state index in [-0.39, 0.29) is 53.1 Å². The summed E-state index contributed by atoms with van der Waals surface area (Å²) in [5, 5.41) is 16.7. The minimum Gasteiger partial charge on any atom is -0.478 e. The second-order valence-electron chi connectivity index (χ2n) is 23.6. The predicted molar refractivity (Wildman–Crippen MR) is 338 cm³/mol. The zero-order valence-corrected chi connectivity index (χ0v) is 54.9. The molecule has 0 saturated carbocycles. The second-order valence-corrected chi connectivity index (χ2v) is 34.1. The molecule has 8 heterocycles. The number of aryl methyl sites for hydroxylation is 2. The van der Waals surface area contributed by atoms with E-state index < -0.39 is 65.1 Å². The number of carbonyl (C=O) groups excluding carboxylic acids is 1. The minimum atomic E-state index is -5.77. The summed E-state index contributed by atoms with van der Waals surface area (Å²) in [6, 6.07) is 9.52. The number of phosphoric ester groups is 1. The molecule has 2 unspecified atom stereocenters. The number of aromatic nitrogens is 3. The summed E-state index contributed by atoms with van der Waals surface area (Å²) < 4.78 is 77.6. The zero-order chi connectivity index (χ0) is 62.5. The summed E-state index contributed by atoms with van der Waals surface area (Å²) in [6.07, 6.45) is 8.10. The third kappa shape index (κ3) is 14.7. The average Bonchev–Trinajstić information content (AvgIpc) is 0.905. The molecule has 2 aromatic heterocycles. The number of carboxylic acid groups (broad SMARTS) is 1. The summed E-state index contributed by atoms with van der Waals surface area (Å²) in [5.41, 5.74) is 16.0. The second kappa shape index (κ2) is 26.3. The maximum atomic E-state index is 14.0. The van der Waals surface area contributed by atoms with Crippen molar-refractivity contribution >= 4 is 107 Å². The summed E-state index contributed by atoms with van der Waals surface area (Å²) in [7, 11) is -11.0. The molecule has 11 rings (SSSR count). The summed E-state index contributed by atoms with van der Waals surface area (Å²) in [5.74, 6) is 6.75. The van der Waals surface area contributed by atoms with Crippen LogP contribution in [0.1, 0.15) is 133 Å². The molecule has 5 aromatic rings. The number of anilines is 2. The molecular formula is C57H69N7O17P3S4+. The quantitative estimate of drug-likeness (QED) is 0.00840. The highest BCUT2D eigenvalue weighted by atomic mass is 33.1. The Morgan fingerprint density at radius 1 is 0.875 bits per heavy atom. The van der Waals surface area contributed by atoms with Crippen LogP contribution >= 0.6 is 66.6 Å². The molecule has 0 spiro atoms. The highest BCUT2D eigenvalue weighted by Crippen LogP contribution is 2.66. The first-order valence-electron chi connectivity index (χ1n) is 28.7. The number of rotatable bonds is 22. The molecule has 6 aliphatic rings. The Morgan fingerprint density at radius 2 is 1.61 bits per heavy atom. The molecule has 6 aliphatic heterocycles. The van der Waals surface area contributed by atoms with Crippen molar-refractivity contribution in [3.63, 3.8) is 0 Å². The van der Waals surface area contributed by atoms with Crippen molar-refractivity contribution < 1.29 is 80.1 Å². The van der Waals surface area contributed by atoms with Gasteiger partial charge in [0.05, 0.1) is 34.8 Å². The van der Waals surface area contributed by atoms with E-state index >= 15 is 0 Å². The van der Waals surface area contributed by atoms with Crippen LogP contribution in [0.15, 0.2) is 42.9 Å². The molecule has 0 radical (unpaired) electrons. The fourth-order valence-electron chi connectivity index (χ4n) is 12.2. The Balaban J connectivity index is 0.738. The number of phosphoric acid groups is 3. The van der Waals surface area contributed by atoms with Gasteiger partial charge in [0.25, 0.3) is 5.91 Å². The normalized spacial score (nSPS) is 20.2. The van der Waals surface area contributed by atoms with Crippen molar-refractivity contribution in [3.05, 3.63) is 104 Å². The largest absolute Gasteiger partial charge is 0.490 e. The number of hydrogen-bond acceptors (Lipinski definition) is 20. The SMILES string of the molecule is CC(C)(C)SSCO[C@@H]1C[C@H](n2cc(C#CCOCSSC(C)(C)CNC(=O)c3ccc(C4=c5cc6c7c(c5Oc5c4cc4c8c5CCCN8CCC4)CCC[N+]=7CCC6)c(C(=O)O)c3)c3c(N)ncnc32)O[C@@H]1COP(=O)(O)OP(=O)(O)OP(=O)(O)O. The lowest BCUT2D eigenvalue weighted by molar-refractivity contribution is -0.0520. The molecular weight excluding hydrogens is 1280 g/mol. The lowest BCUT2D eigenvalue weighted by Crippen LogP contribution is -2.45. The van der Waals surface area contributed by atoms with E-state index in [0.29, 0.717) is 22.2 Å². The van der Waals surface area contributed by atoms with E-state index in [9.17, 15) is 38.2 Å². The van der Waals surface area contributed by atoms with E-state index in [2.05, 4.69) is 57.4 Å². The lowest BCUT2D eigenvalue weighted by Gasteiger charge is -2.39. The number of nitrogens with zero attached hydrogens (tertiary/aromatic N) is 5. The van der Waals surface area contributed by atoms with E-state index in [0.717, 1.165) is 105 Å². The zero-order valence-electron chi connectivity index (χ0n) is 48.9. The number of aromatic carboxylic acids is 1. The maximum Gasteiger partial charge on any atom is 0.490 e. The van der Waals surface area contributed by atoms with Crippen LogP contribution in [0.5, 0.6) is 11.5 Å². The van der Waals surface area contributed by atoms with E-state index in [1.54, 1.807) is 33.7 Å². The summed E-state index contributed by atoms with van der Waals surface area (Å²) in [6.45, 7) is 13.6. The molecule has 1 saturated heterocycles.